The summed E-state index contributed by atoms with van der Waals surface area (Å²) in [5.74, 6) is -2.24. The van der Waals surface area contributed by atoms with Gasteiger partial charge in [-0.15, -0.1) is 0 Å². The molecule has 580 valence electrons. The summed E-state index contributed by atoms with van der Waals surface area (Å²) in [6, 6.07) is 0. The van der Waals surface area contributed by atoms with E-state index >= 15 is 0 Å². The van der Waals surface area contributed by atoms with Gasteiger partial charge in [-0.1, -0.05) is 267 Å². The van der Waals surface area contributed by atoms with Gasteiger partial charge in [0, 0.05) is 25.7 Å². The summed E-state index contributed by atoms with van der Waals surface area (Å²) in [7, 11) is -9.96. The Morgan fingerprint density at radius 2 is 0.500 bits per heavy atom. The van der Waals surface area contributed by atoms with Crippen molar-refractivity contribution in [2.45, 2.75) is 367 Å². The van der Waals surface area contributed by atoms with E-state index in [1.807, 2.05) is 12.2 Å². The van der Waals surface area contributed by atoms with E-state index in [1.165, 1.54) is 109 Å². The minimum absolute atomic E-state index is 0.0744. The molecule has 5 atom stereocenters. The SMILES string of the molecule is CCCCC/C=C\C/C=C\C/C=C\C/C=C\CCCC(=O)OC[C@H](COP(=O)(O)OC[C@@H](O)COP(=O)(O)OC[C@@H](COC(=O)CCCCCCC/C=C\CCCCCCCC)OC(=O)CCCCCCCCC/C=C\CCCCCC)OC(=O)CCCCCCC/C=C\CCCCCC. The zero-order valence-electron chi connectivity index (χ0n) is 63.4. The van der Waals surface area contributed by atoms with Crippen LogP contribution >= 0.6 is 15.6 Å². The highest BCUT2D eigenvalue weighted by atomic mass is 31.2. The van der Waals surface area contributed by atoms with Gasteiger partial charge in [0.2, 0.25) is 0 Å². The van der Waals surface area contributed by atoms with Crippen molar-refractivity contribution in [2.24, 2.45) is 0 Å². The van der Waals surface area contributed by atoms with E-state index in [4.69, 9.17) is 37.0 Å². The van der Waals surface area contributed by atoms with Crippen LogP contribution < -0.4 is 0 Å². The molecule has 0 aliphatic heterocycles. The van der Waals surface area contributed by atoms with Crippen LogP contribution in [-0.4, -0.2) is 96.7 Å². The molecule has 0 spiro atoms. The fraction of sp³-hybridized carbons (Fsp3) is 0.778. The average Bonchev–Trinajstić information content (AvgIpc) is 0.965. The van der Waals surface area contributed by atoms with Crippen molar-refractivity contribution in [3.8, 4) is 0 Å². The first-order valence-electron chi connectivity index (χ1n) is 39.8. The fourth-order valence-corrected chi connectivity index (χ4v) is 12.2. The maximum Gasteiger partial charge on any atom is 0.472 e. The third-order valence-corrected chi connectivity index (χ3v) is 18.7. The first-order chi connectivity index (χ1) is 48.7. The molecule has 0 heterocycles. The lowest BCUT2D eigenvalue weighted by Gasteiger charge is -2.21. The second-order valence-electron chi connectivity index (χ2n) is 26.6. The van der Waals surface area contributed by atoms with Crippen LogP contribution in [-0.2, 0) is 65.4 Å². The highest BCUT2D eigenvalue weighted by molar-refractivity contribution is 7.47. The molecule has 0 aromatic heterocycles. The van der Waals surface area contributed by atoms with Gasteiger partial charge in [0.1, 0.15) is 19.3 Å². The Balaban J connectivity index is 5.39. The minimum atomic E-state index is -4.99. The Labute approximate surface area is 608 Å². The van der Waals surface area contributed by atoms with E-state index in [2.05, 4.69) is 101 Å². The molecule has 0 aromatic carbocycles. The van der Waals surface area contributed by atoms with Crippen LogP contribution in [0.2, 0.25) is 0 Å². The summed E-state index contributed by atoms with van der Waals surface area (Å²) in [4.78, 5) is 72.9. The number of allylic oxidation sites excluding steroid dienone is 14. The molecule has 0 bridgehead atoms. The number of aliphatic hydroxyl groups excluding tert-OH is 1. The highest BCUT2D eigenvalue weighted by Crippen LogP contribution is 2.45. The summed E-state index contributed by atoms with van der Waals surface area (Å²) < 4.78 is 68.5. The molecule has 3 N–H and O–H groups in total. The zero-order valence-corrected chi connectivity index (χ0v) is 65.2. The van der Waals surface area contributed by atoms with Crippen LogP contribution in [0.15, 0.2) is 85.1 Å². The number of unbranched alkanes of at least 4 members (excludes halogenated alkanes) is 35. The average molecular weight is 1450 g/mol. The molecule has 0 fully saturated rings. The topological polar surface area (TPSA) is 237 Å². The van der Waals surface area contributed by atoms with E-state index < -0.39 is 97.5 Å². The van der Waals surface area contributed by atoms with Gasteiger partial charge in [-0.25, -0.2) is 9.13 Å². The number of phosphoric acid groups is 2. The Morgan fingerprint density at radius 3 is 0.830 bits per heavy atom. The molecule has 0 radical (unpaired) electrons. The summed E-state index contributed by atoms with van der Waals surface area (Å²) in [6.07, 6.45) is 75.7. The third-order valence-electron chi connectivity index (χ3n) is 16.8. The van der Waals surface area contributed by atoms with Crippen molar-refractivity contribution in [1.82, 2.24) is 0 Å². The molecule has 2 unspecified atom stereocenters. The number of carbonyl (C=O) groups excluding carboxylic acids is 4. The minimum Gasteiger partial charge on any atom is -0.462 e. The number of esters is 4. The Bertz CT molecular complexity index is 2230. The summed E-state index contributed by atoms with van der Waals surface area (Å²) in [5, 5.41) is 10.6. The largest absolute Gasteiger partial charge is 0.472 e. The van der Waals surface area contributed by atoms with Crippen LogP contribution in [0.25, 0.3) is 0 Å². The Morgan fingerprint density at radius 1 is 0.280 bits per heavy atom. The maximum absolute atomic E-state index is 13.1. The summed E-state index contributed by atoms with van der Waals surface area (Å²) >= 11 is 0. The van der Waals surface area contributed by atoms with E-state index in [0.29, 0.717) is 32.1 Å². The van der Waals surface area contributed by atoms with Crippen LogP contribution in [0.4, 0.5) is 0 Å². The zero-order chi connectivity index (χ0) is 73.2. The van der Waals surface area contributed by atoms with Crippen molar-refractivity contribution >= 4 is 39.5 Å². The number of rotatable bonds is 75. The van der Waals surface area contributed by atoms with Crippen molar-refractivity contribution in [3.05, 3.63) is 85.1 Å². The van der Waals surface area contributed by atoms with Crippen LogP contribution in [0.1, 0.15) is 349 Å². The number of hydrogen-bond acceptors (Lipinski definition) is 15. The molecule has 0 saturated carbocycles. The molecule has 0 rings (SSSR count). The first-order valence-corrected chi connectivity index (χ1v) is 42.8. The molecule has 0 saturated heterocycles. The number of ether oxygens (including phenoxy) is 4. The second kappa shape index (κ2) is 73.5. The Hall–Kier alpha value is -3.76. The van der Waals surface area contributed by atoms with Gasteiger partial charge < -0.3 is 33.8 Å². The van der Waals surface area contributed by atoms with Crippen molar-refractivity contribution in [1.29, 1.82) is 0 Å². The van der Waals surface area contributed by atoms with Gasteiger partial charge in [0.05, 0.1) is 26.4 Å². The van der Waals surface area contributed by atoms with Gasteiger partial charge in [-0.3, -0.25) is 37.3 Å². The van der Waals surface area contributed by atoms with E-state index in [1.54, 1.807) is 0 Å². The van der Waals surface area contributed by atoms with E-state index in [-0.39, 0.29) is 25.7 Å². The quantitative estimate of drug-likeness (QED) is 0.0169. The second-order valence-corrected chi connectivity index (χ2v) is 29.5. The standard InChI is InChI=1S/C81H144O17P2/c1-5-9-13-17-21-25-29-33-36-37-40-43-46-50-54-58-62-66-79(84)92-71-76(97-80(85)67-63-59-55-51-47-41-32-28-24-20-16-12-8-4)73-95-99(87,88)93-69-75(82)70-94-100(89,90)96-74-77(98-81(86)68-64-60-56-52-48-44-39-35-31-27-23-19-15-11-7-3)72-91-78(83)65-61-57-53-49-45-42-38-34-30-26-22-18-14-10-6-2/h21,25,27-28,31-34,36,38,40,43,50,54,75-77,82H,5-20,22-24,26,29-30,35,37,39,41-42,44-49,51-53,55-74H2,1-4H3,(H,87,88)(H,89,90)/b25-21-,31-27-,32-28-,36-33-,38-34-,43-40-,54-50-/t75-,76-,77-/m1/s1. The van der Waals surface area contributed by atoms with Gasteiger partial charge in [-0.05, 0) is 141 Å². The monoisotopic (exact) mass is 1450 g/mol. The lowest BCUT2D eigenvalue weighted by atomic mass is 10.1. The van der Waals surface area contributed by atoms with Gasteiger partial charge in [0.25, 0.3) is 0 Å². The number of carbonyl (C=O) groups is 4. The number of phosphoric ester groups is 2. The van der Waals surface area contributed by atoms with Gasteiger partial charge >= 0.3 is 39.5 Å². The molecule has 17 nitrogen and oxygen atoms in total. The molecule has 19 heteroatoms. The van der Waals surface area contributed by atoms with E-state index in [0.717, 1.165) is 154 Å². The van der Waals surface area contributed by atoms with Crippen molar-refractivity contribution in [2.75, 3.05) is 39.6 Å². The van der Waals surface area contributed by atoms with E-state index in [9.17, 15) is 43.2 Å². The molecular weight excluding hydrogens is 1310 g/mol. The van der Waals surface area contributed by atoms with Crippen LogP contribution in [0.5, 0.6) is 0 Å². The number of aliphatic hydroxyl groups is 1. The van der Waals surface area contributed by atoms with Gasteiger partial charge in [0.15, 0.2) is 12.2 Å². The van der Waals surface area contributed by atoms with Crippen molar-refractivity contribution in [3.63, 3.8) is 0 Å². The van der Waals surface area contributed by atoms with Crippen LogP contribution in [0.3, 0.4) is 0 Å². The lowest BCUT2D eigenvalue weighted by molar-refractivity contribution is -0.161. The number of hydrogen-bond donors (Lipinski definition) is 3. The smallest absolute Gasteiger partial charge is 0.462 e. The van der Waals surface area contributed by atoms with Crippen LogP contribution in [0, 0.1) is 0 Å². The third kappa shape index (κ3) is 72.6. The van der Waals surface area contributed by atoms with Crippen molar-refractivity contribution < 1.29 is 80.2 Å². The summed E-state index contributed by atoms with van der Waals surface area (Å²) in [6.45, 7) is 4.77. The maximum atomic E-state index is 13.1. The molecule has 0 aliphatic carbocycles. The fourth-order valence-electron chi connectivity index (χ4n) is 10.7. The molecule has 0 aliphatic rings. The molecule has 0 aromatic rings. The molecule has 100 heavy (non-hydrogen) atoms. The van der Waals surface area contributed by atoms with Gasteiger partial charge in [-0.2, -0.15) is 0 Å². The highest BCUT2D eigenvalue weighted by Gasteiger charge is 2.30. The lowest BCUT2D eigenvalue weighted by Crippen LogP contribution is -2.30. The Kier molecular flexibility index (Phi) is 70.8. The first kappa shape index (κ1) is 96.2. The summed E-state index contributed by atoms with van der Waals surface area (Å²) in [5.41, 5.74) is 0. The predicted molar refractivity (Wildman–Crippen MR) is 409 cm³/mol. The normalized spacial score (nSPS) is 14.3. The molecular formula is C81H144O17P2. The molecule has 0 amide bonds. The predicted octanol–water partition coefficient (Wildman–Crippen LogP) is 23.0.